The van der Waals surface area contributed by atoms with Gasteiger partial charge in [0.2, 0.25) is 0 Å². The predicted molar refractivity (Wildman–Crippen MR) is 151 cm³/mol. The SMILES string of the molecule is O=C(c1ccc(S(=O)(=O)n2cc(-c3ccccc3)c3ccccc32)cc1)N1CCC(Nc2ccc(F)cc2)C1. The minimum atomic E-state index is -3.91. The van der Waals surface area contributed by atoms with Crippen molar-refractivity contribution in [2.75, 3.05) is 18.4 Å². The fraction of sp³-hybridized carbons (Fsp3) is 0.129. The van der Waals surface area contributed by atoms with Crippen molar-refractivity contribution in [1.29, 1.82) is 0 Å². The van der Waals surface area contributed by atoms with Crippen molar-refractivity contribution >= 4 is 32.5 Å². The number of rotatable bonds is 6. The number of halogens is 1. The molecular weight excluding hydrogens is 513 g/mol. The first-order chi connectivity index (χ1) is 18.9. The quantitative estimate of drug-likeness (QED) is 0.287. The molecule has 1 fully saturated rings. The molecule has 1 aliphatic heterocycles. The molecule has 0 saturated carbocycles. The summed E-state index contributed by atoms with van der Waals surface area (Å²) in [5.74, 6) is -0.448. The molecule has 39 heavy (non-hydrogen) atoms. The third kappa shape index (κ3) is 4.79. The second-order valence-electron chi connectivity index (χ2n) is 9.64. The van der Waals surface area contributed by atoms with Crippen LogP contribution >= 0.6 is 0 Å². The molecule has 1 N–H and O–H groups in total. The Bertz CT molecular complexity index is 1750. The highest BCUT2D eigenvalue weighted by Gasteiger charge is 2.28. The van der Waals surface area contributed by atoms with Crippen molar-refractivity contribution in [3.8, 4) is 11.1 Å². The lowest BCUT2D eigenvalue weighted by Gasteiger charge is -2.18. The first-order valence-electron chi connectivity index (χ1n) is 12.7. The van der Waals surface area contributed by atoms with E-state index >= 15 is 0 Å². The van der Waals surface area contributed by atoms with Gasteiger partial charge < -0.3 is 10.2 Å². The summed E-state index contributed by atoms with van der Waals surface area (Å²) in [7, 11) is -3.91. The van der Waals surface area contributed by atoms with E-state index in [9.17, 15) is 17.6 Å². The van der Waals surface area contributed by atoms with Gasteiger partial charge >= 0.3 is 0 Å². The number of nitrogens with one attached hydrogen (secondary N) is 1. The van der Waals surface area contributed by atoms with Crippen LogP contribution in [-0.2, 0) is 10.0 Å². The average molecular weight is 540 g/mol. The van der Waals surface area contributed by atoms with Crippen LogP contribution in [0.25, 0.3) is 22.0 Å². The molecule has 6 rings (SSSR count). The Morgan fingerprint density at radius 2 is 1.54 bits per heavy atom. The summed E-state index contributed by atoms with van der Waals surface area (Å²) in [6.07, 6.45) is 2.42. The van der Waals surface area contributed by atoms with Gasteiger partial charge in [-0.2, -0.15) is 0 Å². The Labute approximate surface area is 226 Å². The van der Waals surface area contributed by atoms with E-state index in [4.69, 9.17) is 0 Å². The highest BCUT2D eigenvalue weighted by Crippen LogP contribution is 2.33. The number of hydrogen-bond donors (Lipinski definition) is 1. The lowest BCUT2D eigenvalue weighted by atomic mass is 10.1. The van der Waals surface area contributed by atoms with E-state index in [2.05, 4.69) is 5.32 Å². The van der Waals surface area contributed by atoms with Gasteiger partial charge in [0, 0.05) is 47.5 Å². The van der Waals surface area contributed by atoms with Crippen molar-refractivity contribution in [3.63, 3.8) is 0 Å². The van der Waals surface area contributed by atoms with Crippen LogP contribution in [0, 0.1) is 5.82 Å². The van der Waals surface area contributed by atoms with Crippen LogP contribution in [0.2, 0.25) is 0 Å². The third-order valence-electron chi connectivity index (χ3n) is 7.11. The summed E-state index contributed by atoms with van der Waals surface area (Å²) < 4.78 is 41.9. The molecule has 5 aromatic rings. The summed E-state index contributed by atoms with van der Waals surface area (Å²) in [6.45, 7) is 1.09. The Kier molecular flexibility index (Phi) is 6.40. The molecule has 1 saturated heterocycles. The molecule has 0 radical (unpaired) electrons. The lowest BCUT2D eigenvalue weighted by Crippen LogP contribution is -2.31. The molecule has 6 nitrogen and oxygen atoms in total. The van der Waals surface area contributed by atoms with E-state index < -0.39 is 10.0 Å². The van der Waals surface area contributed by atoms with Crippen LogP contribution in [0.5, 0.6) is 0 Å². The predicted octanol–water partition coefficient (Wildman–Crippen LogP) is 6.01. The number of aromatic nitrogens is 1. The number of likely N-dealkylation sites (tertiary alicyclic amines) is 1. The minimum Gasteiger partial charge on any atom is -0.380 e. The van der Waals surface area contributed by atoms with E-state index in [-0.39, 0.29) is 22.7 Å². The van der Waals surface area contributed by atoms with Crippen molar-refractivity contribution in [2.45, 2.75) is 17.4 Å². The monoisotopic (exact) mass is 539 g/mol. The second-order valence-corrected chi connectivity index (χ2v) is 11.5. The number of carbonyl (C=O) groups is 1. The Hall–Kier alpha value is -4.43. The molecule has 196 valence electrons. The molecule has 8 heteroatoms. The molecule has 1 aromatic heterocycles. The highest BCUT2D eigenvalue weighted by molar-refractivity contribution is 7.90. The van der Waals surface area contributed by atoms with Gasteiger partial charge in [-0.3, -0.25) is 4.79 Å². The van der Waals surface area contributed by atoms with Gasteiger partial charge in [0.15, 0.2) is 0 Å². The van der Waals surface area contributed by atoms with E-state index in [1.807, 2.05) is 48.5 Å². The van der Waals surface area contributed by atoms with Crippen LogP contribution in [-0.4, -0.2) is 42.3 Å². The van der Waals surface area contributed by atoms with E-state index in [0.717, 1.165) is 28.6 Å². The van der Waals surface area contributed by atoms with Gasteiger partial charge in [-0.1, -0.05) is 48.5 Å². The summed E-state index contributed by atoms with van der Waals surface area (Å²) in [5, 5.41) is 4.18. The van der Waals surface area contributed by atoms with Crippen molar-refractivity contribution in [2.24, 2.45) is 0 Å². The molecule has 2 heterocycles. The number of fused-ring (bicyclic) bond motifs is 1. The van der Waals surface area contributed by atoms with Gasteiger partial charge in [-0.25, -0.2) is 16.8 Å². The first-order valence-corrected chi connectivity index (χ1v) is 14.2. The Morgan fingerprint density at radius 1 is 0.846 bits per heavy atom. The molecule has 0 aliphatic carbocycles. The average Bonchev–Trinajstić information content (AvgIpc) is 3.60. The van der Waals surface area contributed by atoms with Crippen LogP contribution in [0.4, 0.5) is 10.1 Å². The molecular formula is C31H26FN3O3S. The second kappa shape index (κ2) is 10.0. The largest absolute Gasteiger partial charge is 0.380 e. The minimum absolute atomic E-state index is 0.0555. The normalized spacial score (nSPS) is 15.5. The van der Waals surface area contributed by atoms with Crippen LogP contribution in [0.3, 0.4) is 0 Å². The van der Waals surface area contributed by atoms with Crippen LogP contribution in [0.15, 0.2) is 114 Å². The smallest absolute Gasteiger partial charge is 0.268 e. The molecule has 4 aromatic carbocycles. The van der Waals surface area contributed by atoms with Crippen molar-refractivity contribution < 1.29 is 17.6 Å². The standard InChI is InChI=1S/C31H26FN3O3S/c32-24-12-14-25(15-13-24)33-26-18-19-34(20-26)31(36)23-10-16-27(17-11-23)39(37,38)35-21-29(22-6-2-1-3-7-22)28-8-4-5-9-30(28)35/h1-17,21,26,33H,18-20H2. The van der Waals surface area contributed by atoms with E-state index in [0.29, 0.717) is 24.2 Å². The summed E-state index contributed by atoms with van der Waals surface area (Å²) >= 11 is 0. The Morgan fingerprint density at radius 3 is 2.28 bits per heavy atom. The summed E-state index contributed by atoms with van der Waals surface area (Å²) in [4.78, 5) is 15.0. The molecule has 1 aliphatic rings. The van der Waals surface area contributed by atoms with Crippen molar-refractivity contribution in [1.82, 2.24) is 8.87 Å². The topological polar surface area (TPSA) is 71.4 Å². The first kappa shape index (κ1) is 24.9. The zero-order valence-electron chi connectivity index (χ0n) is 21.0. The zero-order valence-corrected chi connectivity index (χ0v) is 21.8. The van der Waals surface area contributed by atoms with Gasteiger partial charge in [0.05, 0.1) is 10.4 Å². The van der Waals surface area contributed by atoms with Gasteiger partial charge in [0.1, 0.15) is 5.82 Å². The summed E-state index contributed by atoms with van der Waals surface area (Å²) in [6, 6.07) is 29.4. The molecule has 1 unspecified atom stereocenters. The van der Waals surface area contributed by atoms with Gasteiger partial charge in [-0.05, 0) is 66.6 Å². The van der Waals surface area contributed by atoms with Crippen molar-refractivity contribution in [3.05, 3.63) is 121 Å². The maximum atomic E-state index is 13.7. The number of hydrogen-bond acceptors (Lipinski definition) is 4. The highest BCUT2D eigenvalue weighted by atomic mass is 32.2. The van der Waals surface area contributed by atoms with E-state index in [1.54, 1.807) is 41.4 Å². The molecule has 1 atom stereocenters. The van der Waals surface area contributed by atoms with Crippen LogP contribution < -0.4 is 5.32 Å². The maximum Gasteiger partial charge on any atom is 0.268 e. The fourth-order valence-electron chi connectivity index (χ4n) is 5.11. The molecule has 0 bridgehead atoms. The van der Waals surface area contributed by atoms with E-state index in [1.165, 1.54) is 28.2 Å². The van der Waals surface area contributed by atoms with Gasteiger partial charge in [-0.15, -0.1) is 0 Å². The summed E-state index contributed by atoms with van der Waals surface area (Å²) in [5.41, 5.74) is 3.59. The number of nitrogens with zero attached hydrogens (tertiary/aromatic N) is 2. The van der Waals surface area contributed by atoms with Gasteiger partial charge in [0.25, 0.3) is 15.9 Å². The molecule has 1 amide bonds. The number of anilines is 1. The Balaban J connectivity index is 1.22. The third-order valence-corrected chi connectivity index (χ3v) is 8.80. The van der Waals surface area contributed by atoms with Crippen LogP contribution in [0.1, 0.15) is 16.8 Å². The fourth-order valence-corrected chi connectivity index (χ4v) is 6.48. The number of amides is 1. The number of carbonyl (C=O) groups excluding carboxylic acids is 1. The number of para-hydroxylation sites is 1. The number of benzene rings is 4. The lowest BCUT2D eigenvalue weighted by molar-refractivity contribution is 0.0791. The molecule has 0 spiro atoms. The zero-order chi connectivity index (χ0) is 27.0. The maximum absolute atomic E-state index is 13.7.